The highest BCUT2D eigenvalue weighted by molar-refractivity contribution is 5.84. The van der Waals surface area contributed by atoms with Gasteiger partial charge in [0.05, 0.1) is 6.61 Å². The molecule has 0 fully saturated rings. The molecule has 0 heterocycles. The Morgan fingerprint density at radius 2 is 1.94 bits per heavy atom. The van der Waals surface area contributed by atoms with Crippen LogP contribution in [0.2, 0.25) is 0 Å². The molecule has 88 valence electrons. The summed E-state index contributed by atoms with van der Waals surface area (Å²) in [5, 5.41) is 2.65. The Balaban J connectivity index is 2.54. The highest BCUT2D eigenvalue weighted by atomic mass is 16.5. The summed E-state index contributed by atoms with van der Waals surface area (Å²) in [7, 11) is 4.04. The van der Waals surface area contributed by atoms with Crippen molar-refractivity contribution in [3.8, 4) is 0 Å². The van der Waals surface area contributed by atoms with E-state index in [1.165, 1.54) is 5.56 Å². The highest BCUT2D eigenvalue weighted by Gasteiger charge is 2.01. The van der Waals surface area contributed by atoms with Crippen molar-refractivity contribution in [2.45, 2.75) is 13.5 Å². The first-order chi connectivity index (χ1) is 7.61. The third-order valence-electron chi connectivity index (χ3n) is 1.97. The number of nitrogens with one attached hydrogen (secondary N) is 1. The van der Waals surface area contributed by atoms with E-state index in [1.54, 1.807) is 6.92 Å². The minimum Gasteiger partial charge on any atom is -0.450 e. The molecular weight excluding hydrogens is 204 g/mol. The van der Waals surface area contributed by atoms with E-state index < -0.39 is 6.09 Å². The maximum Gasteiger partial charge on any atom is 0.411 e. The van der Waals surface area contributed by atoms with Crippen LogP contribution >= 0.6 is 0 Å². The zero-order valence-electron chi connectivity index (χ0n) is 9.99. The van der Waals surface area contributed by atoms with Gasteiger partial charge < -0.3 is 9.64 Å². The SMILES string of the molecule is CCOC(=O)Nc1ccc(CN(C)C)cc1. The van der Waals surface area contributed by atoms with Crippen molar-refractivity contribution in [2.24, 2.45) is 0 Å². The highest BCUT2D eigenvalue weighted by Crippen LogP contribution is 2.10. The molecule has 1 amide bonds. The molecule has 0 aliphatic rings. The van der Waals surface area contributed by atoms with Gasteiger partial charge in [0, 0.05) is 12.2 Å². The number of hydrogen-bond donors (Lipinski definition) is 1. The van der Waals surface area contributed by atoms with Gasteiger partial charge in [-0.1, -0.05) is 12.1 Å². The molecule has 0 unspecified atom stereocenters. The monoisotopic (exact) mass is 222 g/mol. The first-order valence-corrected chi connectivity index (χ1v) is 5.29. The Morgan fingerprint density at radius 1 is 1.31 bits per heavy atom. The second-order valence-corrected chi connectivity index (χ2v) is 3.78. The third kappa shape index (κ3) is 4.31. The first kappa shape index (κ1) is 12.5. The average Bonchev–Trinajstić information content (AvgIpc) is 2.20. The topological polar surface area (TPSA) is 41.6 Å². The molecule has 1 rings (SSSR count). The minimum absolute atomic E-state index is 0.380. The van der Waals surface area contributed by atoms with Crippen LogP contribution in [-0.2, 0) is 11.3 Å². The van der Waals surface area contributed by atoms with E-state index in [1.807, 2.05) is 38.4 Å². The molecule has 0 saturated heterocycles. The lowest BCUT2D eigenvalue weighted by atomic mass is 10.2. The van der Waals surface area contributed by atoms with Gasteiger partial charge in [-0.15, -0.1) is 0 Å². The molecule has 0 aromatic heterocycles. The van der Waals surface area contributed by atoms with Crippen molar-refractivity contribution in [2.75, 3.05) is 26.0 Å². The molecule has 0 aliphatic heterocycles. The predicted molar refractivity (Wildman–Crippen MR) is 64.5 cm³/mol. The summed E-state index contributed by atoms with van der Waals surface area (Å²) in [6, 6.07) is 7.72. The number of benzene rings is 1. The quantitative estimate of drug-likeness (QED) is 0.850. The van der Waals surface area contributed by atoms with Gasteiger partial charge in [0.15, 0.2) is 0 Å². The van der Waals surface area contributed by atoms with Crippen LogP contribution < -0.4 is 5.32 Å². The van der Waals surface area contributed by atoms with Crippen molar-refractivity contribution in [3.63, 3.8) is 0 Å². The van der Waals surface area contributed by atoms with Gasteiger partial charge in [-0.2, -0.15) is 0 Å². The second kappa shape index (κ2) is 6.12. The number of hydrogen-bond acceptors (Lipinski definition) is 3. The Morgan fingerprint density at radius 3 is 2.44 bits per heavy atom. The average molecular weight is 222 g/mol. The molecule has 4 nitrogen and oxygen atoms in total. The van der Waals surface area contributed by atoms with E-state index in [0.29, 0.717) is 6.61 Å². The molecule has 0 radical (unpaired) electrons. The van der Waals surface area contributed by atoms with Crippen LogP contribution in [0.1, 0.15) is 12.5 Å². The van der Waals surface area contributed by atoms with Crippen LogP contribution in [0.4, 0.5) is 10.5 Å². The number of anilines is 1. The molecule has 1 aromatic rings. The van der Waals surface area contributed by atoms with Crippen molar-refractivity contribution in [1.29, 1.82) is 0 Å². The number of amides is 1. The first-order valence-electron chi connectivity index (χ1n) is 5.29. The van der Waals surface area contributed by atoms with Crippen LogP contribution in [0.25, 0.3) is 0 Å². The van der Waals surface area contributed by atoms with Gasteiger partial charge in [0.2, 0.25) is 0 Å². The van der Waals surface area contributed by atoms with Gasteiger partial charge in [0.1, 0.15) is 0 Å². The molecule has 0 bridgehead atoms. The lowest BCUT2D eigenvalue weighted by Gasteiger charge is -2.10. The number of rotatable bonds is 4. The Hall–Kier alpha value is -1.55. The van der Waals surface area contributed by atoms with Crippen molar-refractivity contribution in [3.05, 3.63) is 29.8 Å². The maximum atomic E-state index is 11.1. The lowest BCUT2D eigenvalue weighted by molar-refractivity contribution is 0.168. The van der Waals surface area contributed by atoms with E-state index in [9.17, 15) is 4.79 Å². The largest absolute Gasteiger partial charge is 0.450 e. The fourth-order valence-corrected chi connectivity index (χ4v) is 1.34. The summed E-state index contributed by atoms with van der Waals surface area (Å²) in [5.74, 6) is 0. The molecule has 0 spiro atoms. The Kier molecular flexibility index (Phi) is 4.79. The summed E-state index contributed by atoms with van der Waals surface area (Å²) in [4.78, 5) is 13.2. The van der Waals surface area contributed by atoms with E-state index >= 15 is 0 Å². The minimum atomic E-state index is -0.414. The van der Waals surface area contributed by atoms with Gasteiger partial charge in [-0.05, 0) is 38.7 Å². The van der Waals surface area contributed by atoms with Crippen LogP contribution in [0.15, 0.2) is 24.3 Å². The molecule has 0 aliphatic carbocycles. The lowest BCUT2D eigenvalue weighted by Crippen LogP contribution is -2.13. The van der Waals surface area contributed by atoms with Crippen LogP contribution in [0.3, 0.4) is 0 Å². The standard InChI is InChI=1S/C12H18N2O2/c1-4-16-12(15)13-11-7-5-10(6-8-11)9-14(2)3/h5-8H,4,9H2,1-3H3,(H,13,15). The molecule has 4 heteroatoms. The molecule has 1 aromatic carbocycles. The second-order valence-electron chi connectivity index (χ2n) is 3.78. The molecule has 1 N–H and O–H groups in total. The summed E-state index contributed by atoms with van der Waals surface area (Å²) in [5.41, 5.74) is 1.96. The smallest absolute Gasteiger partial charge is 0.411 e. The van der Waals surface area contributed by atoms with E-state index in [-0.39, 0.29) is 0 Å². The zero-order chi connectivity index (χ0) is 12.0. The zero-order valence-corrected chi connectivity index (χ0v) is 9.99. The van der Waals surface area contributed by atoms with E-state index in [4.69, 9.17) is 4.74 Å². The third-order valence-corrected chi connectivity index (χ3v) is 1.97. The number of carbonyl (C=O) groups excluding carboxylic acids is 1. The summed E-state index contributed by atoms with van der Waals surface area (Å²) in [6.45, 7) is 3.05. The van der Waals surface area contributed by atoms with Gasteiger partial charge in [0.25, 0.3) is 0 Å². The molecule has 0 saturated carbocycles. The van der Waals surface area contributed by atoms with Crippen molar-refractivity contribution in [1.82, 2.24) is 4.90 Å². The van der Waals surface area contributed by atoms with Crippen LogP contribution in [-0.4, -0.2) is 31.7 Å². The van der Waals surface area contributed by atoms with Gasteiger partial charge in [-0.25, -0.2) is 4.79 Å². The predicted octanol–water partition coefficient (Wildman–Crippen LogP) is 2.32. The van der Waals surface area contributed by atoms with Gasteiger partial charge in [-0.3, -0.25) is 5.32 Å². The summed E-state index contributed by atoms with van der Waals surface area (Å²) < 4.78 is 4.78. The normalized spacial score (nSPS) is 10.2. The van der Waals surface area contributed by atoms with Gasteiger partial charge >= 0.3 is 6.09 Å². The molecular formula is C12H18N2O2. The Bertz CT molecular complexity index is 333. The maximum absolute atomic E-state index is 11.1. The van der Waals surface area contributed by atoms with Crippen LogP contribution in [0, 0.1) is 0 Å². The van der Waals surface area contributed by atoms with E-state index in [0.717, 1.165) is 12.2 Å². The van der Waals surface area contributed by atoms with Crippen LogP contribution in [0.5, 0.6) is 0 Å². The van der Waals surface area contributed by atoms with Crippen molar-refractivity contribution < 1.29 is 9.53 Å². The summed E-state index contributed by atoms with van der Waals surface area (Å²) in [6.07, 6.45) is -0.414. The number of nitrogens with zero attached hydrogens (tertiary/aromatic N) is 1. The molecule has 16 heavy (non-hydrogen) atoms. The fraction of sp³-hybridized carbons (Fsp3) is 0.417. The van der Waals surface area contributed by atoms with Crippen molar-refractivity contribution >= 4 is 11.8 Å². The fourth-order valence-electron chi connectivity index (χ4n) is 1.34. The number of carbonyl (C=O) groups is 1. The molecule has 0 atom stereocenters. The number of ether oxygens (including phenoxy) is 1. The Labute approximate surface area is 96.2 Å². The summed E-state index contributed by atoms with van der Waals surface area (Å²) >= 11 is 0. The van der Waals surface area contributed by atoms with E-state index in [2.05, 4.69) is 10.2 Å².